The Hall–Kier alpha value is -1.10. The topological polar surface area (TPSA) is 75.6 Å². The number of esters is 1. The van der Waals surface area contributed by atoms with Crippen molar-refractivity contribution < 1.29 is 19.4 Å². The number of nitrogens with one attached hydrogen (secondary N) is 1. The van der Waals surface area contributed by atoms with Crippen LogP contribution in [-0.2, 0) is 14.3 Å². The number of carbonyl (C=O) groups is 2. The van der Waals surface area contributed by atoms with Crippen LogP contribution in [0.15, 0.2) is 0 Å². The van der Waals surface area contributed by atoms with Gasteiger partial charge in [0.25, 0.3) is 0 Å². The lowest BCUT2D eigenvalue weighted by Crippen LogP contribution is -2.47. The molecule has 0 fully saturated rings. The van der Waals surface area contributed by atoms with Crippen LogP contribution in [0.1, 0.15) is 201 Å². The molecule has 41 heavy (non-hydrogen) atoms. The van der Waals surface area contributed by atoms with Gasteiger partial charge in [0.15, 0.2) is 0 Å². The molecule has 0 aliphatic carbocycles. The van der Waals surface area contributed by atoms with Gasteiger partial charge in [-0.3, -0.25) is 9.59 Å². The summed E-state index contributed by atoms with van der Waals surface area (Å²) in [6, 6.07) is -0.522. The molecular weight excluding hydrogens is 510 g/mol. The molecule has 5 heteroatoms. The molecule has 2 N–H and O–H groups in total. The molecule has 0 heterocycles. The quantitative estimate of drug-likeness (QED) is 0.0612. The zero-order valence-corrected chi connectivity index (χ0v) is 27.8. The normalized spacial score (nSPS) is 12.8. The molecule has 0 saturated heterocycles. The maximum atomic E-state index is 12.5. The fourth-order valence-electron chi connectivity index (χ4n) is 5.76. The van der Waals surface area contributed by atoms with Gasteiger partial charge in [-0.2, -0.15) is 0 Å². The lowest BCUT2D eigenvalue weighted by Gasteiger charge is -2.26. The summed E-state index contributed by atoms with van der Waals surface area (Å²) in [5.74, 6) is -0.400. The molecule has 0 unspecified atom stereocenters. The number of amides is 1. The molecule has 0 saturated carbocycles. The van der Waals surface area contributed by atoms with E-state index in [0.717, 1.165) is 25.7 Å². The van der Waals surface area contributed by atoms with Gasteiger partial charge in [0, 0.05) is 13.3 Å². The highest BCUT2D eigenvalue weighted by atomic mass is 16.5. The van der Waals surface area contributed by atoms with Crippen LogP contribution in [-0.4, -0.2) is 35.7 Å². The van der Waals surface area contributed by atoms with Crippen LogP contribution in [0.5, 0.6) is 0 Å². The lowest BCUT2D eigenvalue weighted by molar-refractivity contribution is -0.150. The summed E-state index contributed by atoms with van der Waals surface area (Å²) in [7, 11) is 0. The summed E-state index contributed by atoms with van der Waals surface area (Å²) in [6.07, 6.45) is 34.1. The fraction of sp³-hybridized carbons (Fsp3) is 0.944. The van der Waals surface area contributed by atoms with E-state index < -0.39 is 12.1 Å². The van der Waals surface area contributed by atoms with E-state index in [2.05, 4.69) is 19.2 Å². The van der Waals surface area contributed by atoms with E-state index in [4.69, 9.17) is 4.74 Å². The molecule has 0 aliphatic heterocycles. The highest BCUT2D eigenvalue weighted by molar-refractivity contribution is 5.76. The first kappa shape index (κ1) is 39.9. The summed E-state index contributed by atoms with van der Waals surface area (Å²) in [4.78, 5) is 24.2. The summed E-state index contributed by atoms with van der Waals surface area (Å²) in [5.41, 5.74) is 0. The van der Waals surface area contributed by atoms with Gasteiger partial charge in [-0.25, -0.2) is 0 Å². The third-order valence-electron chi connectivity index (χ3n) is 8.41. The number of hydrogen-bond acceptors (Lipinski definition) is 4. The number of aliphatic hydroxyl groups is 1. The average Bonchev–Trinajstić information content (AvgIpc) is 2.95. The third-order valence-corrected chi connectivity index (χ3v) is 8.41. The number of aliphatic hydroxyl groups excluding tert-OH is 1. The van der Waals surface area contributed by atoms with Gasteiger partial charge in [0.2, 0.25) is 5.91 Å². The highest BCUT2D eigenvalue weighted by Gasteiger charge is 2.25. The van der Waals surface area contributed by atoms with Crippen molar-refractivity contribution in [2.75, 3.05) is 6.61 Å². The number of hydrogen-bond donors (Lipinski definition) is 2. The van der Waals surface area contributed by atoms with Crippen molar-refractivity contribution in [3.05, 3.63) is 0 Å². The highest BCUT2D eigenvalue weighted by Crippen LogP contribution is 2.16. The van der Waals surface area contributed by atoms with Gasteiger partial charge < -0.3 is 15.2 Å². The van der Waals surface area contributed by atoms with Crippen molar-refractivity contribution >= 4 is 11.9 Å². The van der Waals surface area contributed by atoms with Crippen molar-refractivity contribution in [3.8, 4) is 0 Å². The van der Waals surface area contributed by atoms with Gasteiger partial charge in [-0.05, 0) is 19.3 Å². The monoisotopic (exact) mass is 582 g/mol. The number of unbranched alkanes of at least 4 members (excludes halogenated alkanes) is 24. The van der Waals surface area contributed by atoms with Crippen LogP contribution in [0.3, 0.4) is 0 Å². The van der Waals surface area contributed by atoms with Crippen LogP contribution >= 0.6 is 0 Å². The van der Waals surface area contributed by atoms with Crippen LogP contribution < -0.4 is 5.32 Å². The first-order valence-corrected chi connectivity index (χ1v) is 18.1. The van der Waals surface area contributed by atoms with Gasteiger partial charge in [0.05, 0.1) is 12.6 Å². The van der Waals surface area contributed by atoms with E-state index in [1.54, 1.807) is 0 Å². The smallest absolute Gasteiger partial charge is 0.302 e. The van der Waals surface area contributed by atoms with Crippen LogP contribution in [0.4, 0.5) is 0 Å². The second-order valence-corrected chi connectivity index (χ2v) is 12.5. The predicted octanol–water partition coefficient (Wildman–Crippen LogP) is 10.4. The molecule has 0 rings (SSSR count). The molecule has 0 aromatic heterocycles. The molecule has 0 radical (unpaired) electrons. The van der Waals surface area contributed by atoms with Crippen molar-refractivity contribution in [3.63, 3.8) is 0 Å². The van der Waals surface area contributed by atoms with Gasteiger partial charge in [0.1, 0.15) is 6.10 Å². The summed E-state index contributed by atoms with van der Waals surface area (Å²) in [6.45, 7) is 5.72. The van der Waals surface area contributed by atoms with Crippen molar-refractivity contribution in [2.45, 2.75) is 213 Å². The Balaban J connectivity index is 3.89. The fourth-order valence-corrected chi connectivity index (χ4v) is 5.76. The van der Waals surface area contributed by atoms with Crippen LogP contribution in [0, 0.1) is 0 Å². The molecule has 0 aliphatic rings. The SMILES string of the molecule is CCCCCCCCCCCCCCCCCC(=O)N[C@@H](CO)[C@@H](CCCCCCCCCCCCC)OC(C)=O. The van der Waals surface area contributed by atoms with Gasteiger partial charge >= 0.3 is 5.97 Å². The number of ether oxygens (including phenoxy) is 1. The third kappa shape index (κ3) is 28.8. The molecule has 0 bridgehead atoms. The van der Waals surface area contributed by atoms with Crippen LogP contribution in [0.2, 0.25) is 0 Å². The van der Waals surface area contributed by atoms with Gasteiger partial charge in [-0.1, -0.05) is 168 Å². The Morgan fingerprint density at radius 2 is 0.902 bits per heavy atom. The molecule has 2 atom stereocenters. The zero-order valence-electron chi connectivity index (χ0n) is 27.8. The van der Waals surface area contributed by atoms with E-state index in [1.165, 1.54) is 148 Å². The Bertz CT molecular complexity index is 568. The van der Waals surface area contributed by atoms with E-state index in [0.29, 0.717) is 12.8 Å². The molecule has 0 spiro atoms. The lowest BCUT2D eigenvalue weighted by atomic mass is 10.0. The van der Waals surface area contributed by atoms with E-state index in [-0.39, 0.29) is 18.5 Å². The molecule has 0 aromatic carbocycles. The summed E-state index contributed by atoms with van der Waals surface area (Å²) < 4.78 is 5.51. The van der Waals surface area contributed by atoms with Gasteiger partial charge in [-0.15, -0.1) is 0 Å². The molecule has 1 amide bonds. The minimum atomic E-state index is -0.522. The zero-order chi connectivity index (χ0) is 30.2. The van der Waals surface area contributed by atoms with E-state index in [1.807, 2.05) is 0 Å². The summed E-state index contributed by atoms with van der Waals surface area (Å²) in [5, 5.41) is 12.9. The largest absolute Gasteiger partial charge is 0.460 e. The van der Waals surface area contributed by atoms with E-state index in [9.17, 15) is 14.7 Å². The molecule has 5 nitrogen and oxygen atoms in total. The molecule has 244 valence electrons. The Morgan fingerprint density at radius 3 is 1.24 bits per heavy atom. The minimum absolute atomic E-state index is 0.0465. The summed E-state index contributed by atoms with van der Waals surface area (Å²) >= 11 is 0. The number of rotatable bonds is 32. The second kappa shape index (κ2) is 31.8. The average molecular weight is 582 g/mol. The standard InChI is InChI=1S/C36H71NO4/c1-4-6-8-10-12-14-16-17-18-19-21-23-25-27-29-31-36(40)37-34(32-38)35(41-33(3)39)30-28-26-24-22-20-15-13-11-9-7-5-2/h34-35,38H,4-32H2,1-3H3,(H,37,40)/t34-,35+/m0/s1. The maximum absolute atomic E-state index is 12.5. The first-order chi connectivity index (χ1) is 20.0. The Labute approximate surface area is 255 Å². The molecule has 0 aromatic rings. The number of carbonyl (C=O) groups excluding carboxylic acids is 2. The van der Waals surface area contributed by atoms with Crippen molar-refractivity contribution in [2.24, 2.45) is 0 Å². The Kier molecular flexibility index (Phi) is 31.0. The minimum Gasteiger partial charge on any atom is -0.460 e. The van der Waals surface area contributed by atoms with E-state index >= 15 is 0 Å². The predicted molar refractivity (Wildman–Crippen MR) is 175 cm³/mol. The first-order valence-electron chi connectivity index (χ1n) is 18.1. The molecular formula is C36H71NO4. The van der Waals surface area contributed by atoms with Crippen molar-refractivity contribution in [1.29, 1.82) is 0 Å². The Morgan fingerprint density at radius 1 is 0.561 bits per heavy atom. The maximum Gasteiger partial charge on any atom is 0.302 e. The van der Waals surface area contributed by atoms with Crippen LogP contribution in [0.25, 0.3) is 0 Å². The van der Waals surface area contributed by atoms with Crippen molar-refractivity contribution in [1.82, 2.24) is 5.32 Å². The second-order valence-electron chi connectivity index (χ2n) is 12.5.